The van der Waals surface area contributed by atoms with E-state index in [0.29, 0.717) is 11.0 Å². The molecule has 1 aromatic rings. The Morgan fingerprint density at radius 2 is 2.27 bits per heavy atom. The highest BCUT2D eigenvalue weighted by Gasteiger charge is 2.19. The zero-order chi connectivity index (χ0) is 10.5. The first-order valence-electron chi connectivity index (χ1n) is 5.33. The van der Waals surface area contributed by atoms with E-state index >= 15 is 0 Å². The molecular weight excluding hydrogens is 208 g/mol. The quantitative estimate of drug-likeness (QED) is 0.835. The topological polar surface area (TPSA) is 42.0 Å². The Labute approximate surface area is 92.8 Å². The van der Waals surface area contributed by atoms with Crippen LogP contribution in [0.3, 0.4) is 0 Å². The Morgan fingerprint density at radius 1 is 1.47 bits per heavy atom. The molecule has 0 spiro atoms. The van der Waals surface area contributed by atoms with Gasteiger partial charge in [0.15, 0.2) is 0 Å². The molecule has 1 aliphatic heterocycles. The van der Waals surface area contributed by atoms with Gasteiger partial charge in [-0.1, -0.05) is 6.07 Å². The smallest absolute Gasteiger partial charge is 0.0503 e. The van der Waals surface area contributed by atoms with E-state index in [1.165, 1.54) is 0 Å². The molecule has 0 amide bonds. The second kappa shape index (κ2) is 5.37. The summed E-state index contributed by atoms with van der Waals surface area (Å²) in [5, 5.41) is 3.65. The van der Waals surface area contributed by atoms with E-state index in [2.05, 4.69) is 10.3 Å². The molecule has 0 bridgehead atoms. The lowest BCUT2D eigenvalue weighted by Crippen LogP contribution is -2.33. The van der Waals surface area contributed by atoms with Crippen LogP contribution < -0.4 is 5.32 Å². The van der Waals surface area contributed by atoms with Crippen LogP contribution in [0.1, 0.15) is 18.4 Å². The molecule has 82 valence electrons. The number of nitrogens with one attached hydrogen (secondary N) is 1. The molecule has 1 atom stereocenters. The first-order valence-corrected chi connectivity index (χ1v) is 6.71. The molecular formula is C11H16N2OS. The van der Waals surface area contributed by atoms with Gasteiger partial charge in [-0.15, -0.1) is 0 Å². The van der Waals surface area contributed by atoms with Crippen molar-refractivity contribution >= 4 is 10.8 Å². The van der Waals surface area contributed by atoms with Crippen molar-refractivity contribution in [2.75, 3.05) is 13.1 Å². The molecule has 0 radical (unpaired) electrons. The first-order chi connectivity index (χ1) is 7.36. The third kappa shape index (κ3) is 3.11. The van der Waals surface area contributed by atoms with Gasteiger partial charge in [-0.05, 0) is 37.6 Å². The van der Waals surface area contributed by atoms with Gasteiger partial charge < -0.3 is 5.32 Å². The Morgan fingerprint density at radius 3 is 2.93 bits per heavy atom. The SMILES string of the molecule is O=S(Cc1cccnc1)C1CCNCC1. The Hall–Kier alpha value is -0.740. The van der Waals surface area contributed by atoms with Gasteiger partial charge in [0.25, 0.3) is 0 Å². The lowest BCUT2D eigenvalue weighted by atomic mass is 10.2. The Balaban J connectivity index is 1.91. The van der Waals surface area contributed by atoms with Crippen LogP contribution in [0.5, 0.6) is 0 Å². The summed E-state index contributed by atoms with van der Waals surface area (Å²) in [6.45, 7) is 2.01. The minimum absolute atomic E-state index is 0.367. The third-order valence-electron chi connectivity index (χ3n) is 2.69. The maximum absolute atomic E-state index is 12.0. The summed E-state index contributed by atoms with van der Waals surface area (Å²) < 4.78 is 12.0. The van der Waals surface area contributed by atoms with Crippen LogP contribution in [-0.4, -0.2) is 27.5 Å². The van der Waals surface area contributed by atoms with Crippen LogP contribution >= 0.6 is 0 Å². The lowest BCUT2D eigenvalue weighted by Gasteiger charge is -2.21. The van der Waals surface area contributed by atoms with Crippen molar-refractivity contribution < 1.29 is 4.21 Å². The normalized spacial score (nSPS) is 20.0. The fraction of sp³-hybridized carbons (Fsp3) is 0.545. The number of hydrogen-bond donors (Lipinski definition) is 1. The average Bonchev–Trinajstić information content (AvgIpc) is 2.31. The van der Waals surface area contributed by atoms with Crippen LogP contribution in [0.2, 0.25) is 0 Å². The molecule has 15 heavy (non-hydrogen) atoms. The van der Waals surface area contributed by atoms with E-state index in [4.69, 9.17) is 0 Å². The van der Waals surface area contributed by atoms with Crippen molar-refractivity contribution in [3.05, 3.63) is 30.1 Å². The number of hydrogen-bond acceptors (Lipinski definition) is 3. The van der Waals surface area contributed by atoms with Crippen molar-refractivity contribution in [2.45, 2.75) is 23.8 Å². The largest absolute Gasteiger partial charge is 0.317 e. The third-order valence-corrected chi connectivity index (χ3v) is 4.52. The predicted octanol–water partition coefficient (Wildman–Crippen LogP) is 1.08. The van der Waals surface area contributed by atoms with Crippen molar-refractivity contribution in [3.63, 3.8) is 0 Å². The van der Waals surface area contributed by atoms with Gasteiger partial charge in [0.2, 0.25) is 0 Å². The molecule has 1 unspecified atom stereocenters. The number of rotatable bonds is 3. The second-order valence-corrected chi connectivity index (χ2v) is 5.55. The monoisotopic (exact) mass is 224 g/mol. The van der Waals surface area contributed by atoms with Gasteiger partial charge in [-0.2, -0.15) is 0 Å². The zero-order valence-corrected chi connectivity index (χ0v) is 9.50. The van der Waals surface area contributed by atoms with Gasteiger partial charge in [0.1, 0.15) is 0 Å². The standard InChI is InChI=1S/C11H16N2OS/c14-15(11-3-6-12-7-4-11)9-10-2-1-5-13-8-10/h1-2,5,8,11-12H,3-4,6-7,9H2. The average molecular weight is 224 g/mol. The fourth-order valence-corrected chi connectivity index (χ4v) is 3.32. The van der Waals surface area contributed by atoms with E-state index in [1.54, 1.807) is 12.4 Å². The zero-order valence-electron chi connectivity index (χ0n) is 8.69. The van der Waals surface area contributed by atoms with Crippen molar-refractivity contribution in [3.8, 4) is 0 Å². The summed E-state index contributed by atoms with van der Waals surface area (Å²) in [6, 6.07) is 3.89. The molecule has 0 aliphatic carbocycles. The van der Waals surface area contributed by atoms with Crippen molar-refractivity contribution in [1.29, 1.82) is 0 Å². The molecule has 0 aromatic carbocycles. The van der Waals surface area contributed by atoms with Gasteiger partial charge in [0.05, 0.1) is 5.75 Å². The number of pyridine rings is 1. The van der Waals surface area contributed by atoms with Gasteiger partial charge in [-0.25, -0.2) is 0 Å². The van der Waals surface area contributed by atoms with Gasteiger partial charge >= 0.3 is 0 Å². The highest BCUT2D eigenvalue weighted by atomic mass is 32.2. The fourth-order valence-electron chi connectivity index (χ4n) is 1.82. The summed E-state index contributed by atoms with van der Waals surface area (Å²) in [7, 11) is -0.737. The molecule has 2 heterocycles. The van der Waals surface area contributed by atoms with Crippen LogP contribution in [-0.2, 0) is 16.6 Å². The summed E-state index contributed by atoms with van der Waals surface area (Å²) >= 11 is 0. The summed E-state index contributed by atoms with van der Waals surface area (Å²) in [5.74, 6) is 0.651. The van der Waals surface area contributed by atoms with Crippen LogP contribution in [0.15, 0.2) is 24.5 Å². The van der Waals surface area contributed by atoms with Gasteiger partial charge in [0, 0.05) is 28.4 Å². The highest BCUT2D eigenvalue weighted by Crippen LogP contribution is 2.14. The molecule has 2 rings (SSSR count). The summed E-state index contributed by atoms with van der Waals surface area (Å²) in [4.78, 5) is 4.04. The molecule has 1 aromatic heterocycles. The van der Waals surface area contributed by atoms with E-state index in [-0.39, 0.29) is 0 Å². The van der Waals surface area contributed by atoms with E-state index in [9.17, 15) is 4.21 Å². The molecule has 1 fully saturated rings. The Bertz CT molecular complexity index is 323. The van der Waals surface area contributed by atoms with E-state index in [1.807, 2.05) is 12.1 Å². The maximum atomic E-state index is 12.0. The van der Waals surface area contributed by atoms with Crippen molar-refractivity contribution in [1.82, 2.24) is 10.3 Å². The molecule has 1 N–H and O–H groups in total. The molecule has 3 nitrogen and oxygen atoms in total. The first kappa shape index (κ1) is 10.8. The van der Waals surface area contributed by atoms with Gasteiger partial charge in [-0.3, -0.25) is 9.19 Å². The number of piperidine rings is 1. The molecule has 1 aliphatic rings. The molecule has 0 saturated carbocycles. The van der Waals surface area contributed by atoms with E-state index < -0.39 is 10.8 Å². The second-order valence-electron chi connectivity index (χ2n) is 3.84. The summed E-state index contributed by atoms with van der Waals surface area (Å²) in [6.07, 6.45) is 5.62. The van der Waals surface area contributed by atoms with Crippen LogP contribution in [0.4, 0.5) is 0 Å². The van der Waals surface area contributed by atoms with Crippen molar-refractivity contribution in [2.24, 2.45) is 0 Å². The molecule has 1 saturated heterocycles. The number of nitrogens with zero attached hydrogens (tertiary/aromatic N) is 1. The Kier molecular flexibility index (Phi) is 3.86. The van der Waals surface area contributed by atoms with Crippen LogP contribution in [0.25, 0.3) is 0 Å². The lowest BCUT2D eigenvalue weighted by molar-refractivity contribution is 0.519. The van der Waals surface area contributed by atoms with E-state index in [0.717, 1.165) is 31.5 Å². The maximum Gasteiger partial charge on any atom is 0.0503 e. The van der Waals surface area contributed by atoms with Crippen LogP contribution in [0, 0.1) is 0 Å². The number of aromatic nitrogens is 1. The summed E-state index contributed by atoms with van der Waals surface area (Å²) in [5.41, 5.74) is 1.08. The highest BCUT2D eigenvalue weighted by molar-refractivity contribution is 7.84. The molecule has 4 heteroatoms. The minimum atomic E-state index is -0.737. The predicted molar refractivity (Wildman–Crippen MR) is 62.0 cm³/mol. The minimum Gasteiger partial charge on any atom is -0.317 e.